The highest BCUT2D eigenvalue weighted by Gasteiger charge is 1.72. The molecule has 0 aliphatic heterocycles. The van der Waals surface area contributed by atoms with Gasteiger partial charge in [-0.15, -0.1) is 0 Å². The van der Waals surface area contributed by atoms with Crippen LogP contribution in [0.15, 0.2) is 5.10 Å². The van der Waals surface area contributed by atoms with E-state index in [9.17, 15) is 0 Å². The molecule has 0 aromatic rings. The molecule has 0 aliphatic rings. The summed E-state index contributed by atoms with van der Waals surface area (Å²) in [7, 11) is 1.77. The maximum atomic E-state index is 4.81. The Hall–Kier alpha value is -0.730. The first-order valence-electron chi connectivity index (χ1n) is 1.73. The van der Waals surface area contributed by atoms with E-state index in [-0.39, 0.29) is 0 Å². The molecule has 0 radical (unpaired) electrons. The van der Waals surface area contributed by atoms with Crippen LogP contribution in [-0.4, -0.2) is 12.9 Å². The zero-order valence-electron chi connectivity index (χ0n) is 4.02. The fourth-order valence-electron chi connectivity index (χ4n) is 0.0645. The van der Waals surface area contributed by atoms with Crippen molar-refractivity contribution in [1.29, 1.82) is 0 Å². The molecule has 0 fully saturated rings. The molecule has 36 valence electrons. The second-order valence-corrected chi connectivity index (χ2v) is 0.965. The second-order valence-electron chi connectivity index (χ2n) is 0.965. The van der Waals surface area contributed by atoms with Crippen molar-refractivity contribution in [1.82, 2.24) is 5.32 Å². The summed E-state index contributed by atoms with van der Waals surface area (Å²) in [6.45, 7) is 1.79. The lowest BCUT2D eigenvalue weighted by molar-refractivity contribution is 1.10. The lowest BCUT2D eigenvalue weighted by Crippen LogP contribution is -2.15. The molecule has 0 amide bonds. The van der Waals surface area contributed by atoms with E-state index in [2.05, 4.69) is 10.4 Å². The minimum Gasteiger partial charge on any atom is -0.375 e. The number of hydrazone groups is 1. The molecule has 6 heavy (non-hydrogen) atoms. The molecule has 0 heterocycles. The number of hydrogen-bond acceptors (Lipinski definition) is 2. The van der Waals surface area contributed by atoms with Gasteiger partial charge in [0.2, 0.25) is 0 Å². The van der Waals surface area contributed by atoms with Crippen LogP contribution < -0.4 is 11.2 Å². The number of amidine groups is 1. The molecule has 0 atom stereocenters. The number of nitrogens with two attached hydrogens (primary N) is 1. The first-order chi connectivity index (χ1) is 2.81. The van der Waals surface area contributed by atoms with Crippen molar-refractivity contribution in [2.75, 3.05) is 7.05 Å². The Labute approximate surface area is 37.2 Å². The van der Waals surface area contributed by atoms with E-state index in [4.69, 9.17) is 5.84 Å². The van der Waals surface area contributed by atoms with Gasteiger partial charge in [0.1, 0.15) is 5.84 Å². The number of nitrogens with one attached hydrogen (secondary N) is 1. The van der Waals surface area contributed by atoms with E-state index >= 15 is 0 Å². The maximum Gasteiger partial charge on any atom is 0.118 e. The summed E-state index contributed by atoms with van der Waals surface area (Å²) in [5.41, 5.74) is 0. The third-order valence-corrected chi connectivity index (χ3v) is 0.555. The lowest BCUT2D eigenvalue weighted by Gasteiger charge is -1.89. The highest BCUT2D eigenvalue weighted by molar-refractivity contribution is 5.78. The molecule has 0 aromatic heterocycles. The van der Waals surface area contributed by atoms with Crippen LogP contribution in [0.25, 0.3) is 0 Å². The largest absolute Gasteiger partial charge is 0.375 e. The molecule has 0 rings (SSSR count). The molecule has 3 heteroatoms. The molecule has 3 nitrogen and oxygen atoms in total. The second kappa shape index (κ2) is 2.50. The molecule has 0 unspecified atom stereocenters. The standard InChI is InChI=1S/C3H9N3/c1-3(5-2)6-4/h4H2,1-2H3,(H,5,6). The maximum absolute atomic E-state index is 4.81. The smallest absolute Gasteiger partial charge is 0.118 e. The van der Waals surface area contributed by atoms with Crippen molar-refractivity contribution in [3.63, 3.8) is 0 Å². The first kappa shape index (κ1) is 5.27. The zero-order chi connectivity index (χ0) is 4.99. The average Bonchev–Trinajstić information content (AvgIpc) is 1.65. The fourth-order valence-corrected chi connectivity index (χ4v) is 0.0645. The third-order valence-electron chi connectivity index (χ3n) is 0.555. The Morgan fingerprint density at radius 1 is 1.83 bits per heavy atom. The Bertz CT molecular complexity index is 57.1. The Morgan fingerprint density at radius 3 is 2.33 bits per heavy atom. The molecule has 0 bridgehead atoms. The van der Waals surface area contributed by atoms with Gasteiger partial charge in [0, 0.05) is 7.05 Å². The van der Waals surface area contributed by atoms with Crippen molar-refractivity contribution >= 4 is 5.84 Å². The number of hydrogen-bond donors (Lipinski definition) is 2. The van der Waals surface area contributed by atoms with E-state index in [1.165, 1.54) is 0 Å². The molecule has 0 saturated heterocycles. The minimum absolute atomic E-state index is 0.745. The summed E-state index contributed by atoms with van der Waals surface area (Å²) in [5, 5.41) is 6.05. The highest BCUT2D eigenvalue weighted by Crippen LogP contribution is 1.55. The van der Waals surface area contributed by atoms with Gasteiger partial charge in [0.05, 0.1) is 0 Å². The van der Waals surface area contributed by atoms with E-state index < -0.39 is 0 Å². The van der Waals surface area contributed by atoms with Crippen molar-refractivity contribution in [2.24, 2.45) is 10.9 Å². The van der Waals surface area contributed by atoms with E-state index in [1.807, 2.05) is 0 Å². The van der Waals surface area contributed by atoms with E-state index in [1.54, 1.807) is 14.0 Å². The van der Waals surface area contributed by atoms with E-state index in [0.717, 1.165) is 5.84 Å². The SMILES string of the molecule is CN/C(C)=N\N. The van der Waals surface area contributed by atoms with Crippen LogP contribution in [0.2, 0.25) is 0 Å². The molecular formula is C3H9N3. The van der Waals surface area contributed by atoms with Gasteiger partial charge in [-0.2, -0.15) is 5.10 Å². The van der Waals surface area contributed by atoms with Gasteiger partial charge in [-0.1, -0.05) is 0 Å². The average molecular weight is 87.1 g/mol. The molecule has 0 spiro atoms. The first-order valence-corrected chi connectivity index (χ1v) is 1.73. The molecule has 0 aliphatic carbocycles. The normalized spacial score (nSPS) is 11.3. The molecule has 3 N–H and O–H groups in total. The summed E-state index contributed by atoms with van der Waals surface area (Å²) in [6.07, 6.45) is 0. The van der Waals surface area contributed by atoms with E-state index in [0.29, 0.717) is 0 Å². The van der Waals surface area contributed by atoms with Crippen LogP contribution in [0.1, 0.15) is 6.92 Å². The minimum atomic E-state index is 0.745. The third kappa shape index (κ3) is 1.58. The Balaban J connectivity index is 3.22. The van der Waals surface area contributed by atoms with Crippen LogP contribution >= 0.6 is 0 Å². The summed E-state index contributed by atoms with van der Waals surface area (Å²) >= 11 is 0. The van der Waals surface area contributed by atoms with Crippen LogP contribution in [0.5, 0.6) is 0 Å². The number of rotatable bonds is 0. The highest BCUT2D eigenvalue weighted by atomic mass is 15.2. The number of nitrogens with zero attached hydrogens (tertiary/aromatic N) is 1. The van der Waals surface area contributed by atoms with Crippen molar-refractivity contribution < 1.29 is 0 Å². The van der Waals surface area contributed by atoms with Gasteiger partial charge in [-0.05, 0) is 6.92 Å². The van der Waals surface area contributed by atoms with Gasteiger partial charge in [-0.25, -0.2) is 0 Å². The van der Waals surface area contributed by atoms with Gasteiger partial charge in [-0.3, -0.25) is 0 Å². The van der Waals surface area contributed by atoms with Crippen LogP contribution in [0, 0.1) is 0 Å². The summed E-state index contributed by atoms with van der Waals surface area (Å²) < 4.78 is 0. The summed E-state index contributed by atoms with van der Waals surface area (Å²) in [4.78, 5) is 0. The predicted molar refractivity (Wildman–Crippen MR) is 26.4 cm³/mol. The molecule has 0 saturated carbocycles. The van der Waals surface area contributed by atoms with Gasteiger partial charge < -0.3 is 11.2 Å². The van der Waals surface area contributed by atoms with Gasteiger partial charge in [0.25, 0.3) is 0 Å². The van der Waals surface area contributed by atoms with Gasteiger partial charge >= 0.3 is 0 Å². The monoisotopic (exact) mass is 87.1 g/mol. The van der Waals surface area contributed by atoms with Crippen molar-refractivity contribution in [2.45, 2.75) is 6.92 Å². The van der Waals surface area contributed by atoms with Crippen molar-refractivity contribution in [3.8, 4) is 0 Å². The zero-order valence-corrected chi connectivity index (χ0v) is 4.02. The topological polar surface area (TPSA) is 50.4 Å². The Kier molecular flexibility index (Phi) is 2.20. The summed E-state index contributed by atoms with van der Waals surface area (Å²) in [6, 6.07) is 0. The van der Waals surface area contributed by atoms with Crippen LogP contribution in [0.3, 0.4) is 0 Å². The quantitative estimate of drug-likeness (QED) is 0.181. The van der Waals surface area contributed by atoms with Crippen LogP contribution in [-0.2, 0) is 0 Å². The predicted octanol–water partition coefficient (Wildman–Crippen LogP) is -0.502. The molecular weight excluding hydrogens is 78.1 g/mol. The lowest BCUT2D eigenvalue weighted by atomic mass is 10.7. The fraction of sp³-hybridized carbons (Fsp3) is 0.667. The Morgan fingerprint density at radius 2 is 2.33 bits per heavy atom. The van der Waals surface area contributed by atoms with Crippen LogP contribution in [0.4, 0.5) is 0 Å². The summed E-state index contributed by atoms with van der Waals surface area (Å²) in [5.74, 6) is 5.55. The molecule has 0 aromatic carbocycles. The van der Waals surface area contributed by atoms with Crippen molar-refractivity contribution in [3.05, 3.63) is 0 Å². The van der Waals surface area contributed by atoms with Gasteiger partial charge in [0.15, 0.2) is 0 Å².